The molecule has 1 amide bonds. The predicted molar refractivity (Wildman–Crippen MR) is 87.5 cm³/mol. The van der Waals surface area contributed by atoms with Gasteiger partial charge in [0, 0.05) is 31.8 Å². The molecule has 1 aliphatic rings. The van der Waals surface area contributed by atoms with E-state index < -0.39 is 65.1 Å². The molecule has 10 heteroatoms. The van der Waals surface area contributed by atoms with Gasteiger partial charge < -0.3 is 4.90 Å². The van der Waals surface area contributed by atoms with Gasteiger partial charge in [-0.15, -0.1) is 0 Å². The minimum Gasteiger partial charge on any atom is -0.331 e. The summed E-state index contributed by atoms with van der Waals surface area (Å²) in [4.78, 5) is 13.8. The Hall–Kier alpha value is -2.78. The van der Waals surface area contributed by atoms with Gasteiger partial charge >= 0.3 is 0 Å². The first-order valence-corrected chi connectivity index (χ1v) is 8.26. The third kappa shape index (κ3) is 3.63. The van der Waals surface area contributed by atoms with Crippen LogP contribution in [-0.4, -0.2) is 33.2 Å². The lowest BCUT2D eigenvalue weighted by atomic mass is 10.0. The Labute approximate surface area is 156 Å². The van der Waals surface area contributed by atoms with Crippen molar-refractivity contribution in [2.75, 3.05) is 6.54 Å². The number of hydrogen-bond donors (Lipinski definition) is 0. The van der Waals surface area contributed by atoms with Crippen LogP contribution in [0.2, 0.25) is 0 Å². The fourth-order valence-corrected chi connectivity index (χ4v) is 2.93. The molecule has 1 fully saturated rings. The van der Waals surface area contributed by atoms with Crippen LogP contribution in [0.5, 0.6) is 0 Å². The van der Waals surface area contributed by atoms with Gasteiger partial charge in [0.15, 0.2) is 0 Å². The molecule has 0 unspecified atom stereocenters. The highest BCUT2D eigenvalue weighted by Crippen LogP contribution is 2.33. The van der Waals surface area contributed by atoms with Gasteiger partial charge in [-0.2, -0.15) is 9.49 Å². The van der Waals surface area contributed by atoms with Crippen LogP contribution in [0, 0.1) is 23.4 Å². The number of benzene rings is 1. The second-order valence-electron chi connectivity index (χ2n) is 6.49. The van der Waals surface area contributed by atoms with Crippen molar-refractivity contribution < 1.29 is 31.1 Å². The molecular formula is C18H15F6N3O. The number of amides is 1. The number of nitrogens with zero attached hydrogens (tertiary/aromatic N) is 3. The van der Waals surface area contributed by atoms with Gasteiger partial charge in [-0.1, -0.05) is 6.58 Å². The van der Waals surface area contributed by atoms with E-state index in [1.54, 1.807) is 0 Å². The van der Waals surface area contributed by atoms with E-state index in [1.165, 1.54) is 0 Å². The van der Waals surface area contributed by atoms with E-state index in [0.717, 1.165) is 11.9 Å². The number of rotatable bonds is 6. The number of aromatic nitrogens is 2. The molecule has 1 aliphatic carbocycles. The molecule has 1 saturated carbocycles. The second-order valence-corrected chi connectivity index (χ2v) is 6.49. The highest BCUT2D eigenvalue weighted by atomic mass is 19.3. The topological polar surface area (TPSA) is 38.1 Å². The van der Waals surface area contributed by atoms with Gasteiger partial charge in [0.05, 0.1) is 5.56 Å². The summed E-state index contributed by atoms with van der Waals surface area (Å²) >= 11 is 0. The molecule has 28 heavy (non-hydrogen) atoms. The first-order chi connectivity index (χ1) is 13.1. The van der Waals surface area contributed by atoms with E-state index in [0.29, 0.717) is 29.7 Å². The minimum absolute atomic E-state index is 0.210. The van der Waals surface area contributed by atoms with E-state index in [2.05, 4.69) is 11.7 Å². The Bertz CT molecular complexity index is 928. The lowest BCUT2D eigenvalue weighted by Gasteiger charge is -2.24. The summed E-state index contributed by atoms with van der Waals surface area (Å²) in [6.45, 7) is 3.08. The normalized spacial score (nSPS) is 13.9. The number of hydrogen-bond acceptors (Lipinski definition) is 2. The highest BCUT2D eigenvalue weighted by Gasteiger charge is 2.38. The maximum absolute atomic E-state index is 14.2. The molecule has 3 rings (SSSR count). The van der Waals surface area contributed by atoms with Gasteiger partial charge in [-0.25, -0.2) is 26.6 Å². The Morgan fingerprint density at radius 1 is 1.21 bits per heavy atom. The Balaban J connectivity index is 1.94. The molecule has 2 aromatic rings. The maximum Gasteiger partial charge on any atom is 0.283 e. The third-order valence-corrected chi connectivity index (χ3v) is 4.39. The average molecular weight is 403 g/mol. The number of carbonyl (C=O) groups excluding carboxylic acids is 1. The fourth-order valence-electron chi connectivity index (χ4n) is 2.93. The standard InChI is InChI=1S/C18H15F6N3O/c1-8(13-11(20)5-9(19)6-12(13)21)7-27(10-3-4-10)18(28)14-15(16(22)23)25-26(2)17(14)24/h5-6,10,16H,1,3-4,7H2,2H3. The summed E-state index contributed by atoms with van der Waals surface area (Å²) in [5.41, 5.74) is -2.74. The van der Waals surface area contributed by atoms with Crippen molar-refractivity contribution in [2.45, 2.75) is 25.3 Å². The number of alkyl halides is 2. The summed E-state index contributed by atoms with van der Waals surface area (Å²) in [5.74, 6) is -5.87. The van der Waals surface area contributed by atoms with Gasteiger partial charge in [-0.05, 0) is 18.4 Å². The molecule has 0 atom stereocenters. The van der Waals surface area contributed by atoms with E-state index >= 15 is 0 Å². The zero-order valence-electron chi connectivity index (χ0n) is 14.7. The quantitative estimate of drug-likeness (QED) is 0.677. The van der Waals surface area contributed by atoms with Crippen LogP contribution in [-0.2, 0) is 7.05 Å². The van der Waals surface area contributed by atoms with Gasteiger partial charge in [-0.3, -0.25) is 4.79 Å². The SMILES string of the molecule is C=C(CN(C(=O)c1c(C(F)F)nn(C)c1F)C1CC1)c1c(F)cc(F)cc1F. The summed E-state index contributed by atoms with van der Waals surface area (Å²) in [5, 5.41) is 3.33. The molecule has 1 aromatic carbocycles. The molecule has 0 radical (unpaired) electrons. The molecule has 4 nitrogen and oxygen atoms in total. The molecule has 0 bridgehead atoms. The molecule has 0 aliphatic heterocycles. The number of aryl methyl sites for hydroxylation is 1. The lowest BCUT2D eigenvalue weighted by molar-refractivity contribution is 0.0747. The largest absolute Gasteiger partial charge is 0.331 e. The van der Waals surface area contributed by atoms with E-state index in [9.17, 15) is 31.1 Å². The molecule has 1 heterocycles. The van der Waals surface area contributed by atoms with Gasteiger partial charge in [0.1, 0.15) is 28.7 Å². The van der Waals surface area contributed by atoms with Crippen LogP contribution in [0.3, 0.4) is 0 Å². The first-order valence-electron chi connectivity index (χ1n) is 8.26. The van der Waals surface area contributed by atoms with Crippen molar-refractivity contribution in [2.24, 2.45) is 7.05 Å². The number of halogens is 6. The van der Waals surface area contributed by atoms with Crippen LogP contribution in [0.15, 0.2) is 18.7 Å². The van der Waals surface area contributed by atoms with Gasteiger partial charge in [0.2, 0.25) is 5.95 Å². The van der Waals surface area contributed by atoms with E-state index in [4.69, 9.17) is 0 Å². The molecular weight excluding hydrogens is 388 g/mol. The summed E-state index contributed by atoms with van der Waals surface area (Å²) in [7, 11) is 1.07. The summed E-state index contributed by atoms with van der Waals surface area (Å²) < 4.78 is 82.1. The van der Waals surface area contributed by atoms with Gasteiger partial charge in [0.25, 0.3) is 12.3 Å². The van der Waals surface area contributed by atoms with Crippen LogP contribution < -0.4 is 0 Å². The van der Waals surface area contributed by atoms with Crippen molar-refractivity contribution in [1.29, 1.82) is 0 Å². The van der Waals surface area contributed by atoms with Crippen LogP contribution >= 0.6 is 0 Å². The van der Waals surface area contributed by atoms with Crippen molar-refractivity contribution >= 4 is 11.5 Å². The van der Waals surface area contributed by atoms with Crippen molar-refractivity contribution in [1.82, 2.24) is 14.7 Å². The monoisotopic (exact) mass is 403 g/mol. The predicted octanol–water partition coefficient (Wildman–Crippen LogP) is 4.23. The zero-order chi connectivity index (χ0) is 20.7. The fraction of sp³-hybridized carbons (Fsp3) is 0.333. The molecule has 150 valence electrons. The Morgan fingerprint density at radius 2 is 1.79 bits per heavy atom. The van der Waals surface area contributed by atoms with Crippen molar-refractivity contribution in [3.8, 4) is 0 Å². The number of carbonyl (C=O) groups is 1. The summed E-state index contributed by atoms with van der Waals surface area (Å²) in [6.07, 6.45) is -2.16. The molecule has 0 N–H and O–H groups in total. The van der Waals surface area contributed by atoms with Crippen LogP contribution in [0.4, 0.5) is 26.3 Å². The van der Waals surface area contributed by atoms with Crippen LogP contribution in [0.1, 0.15) is 40.9 Å². The third-order valence-electron chi connectivity index (χ3n) is 4.39. The minimum atomic E-state index is -3.19. The first kappa shape index (κ1) is 20.0. The smallest absolute Gasteiger partial charge is 0.283 e. The molecule has 0 saturated heterocycles. The molecule has 0 spiro atoms. The Kier molecular flexibility index (Phi) is 5.22. The highest BCUT2D eigenvalue weighted by molar-refractivity contribution is 5.96. The Morgan fingerprint density at radius 3 is 2.29 bits per heavy atom. The second kappa shape index (κ2) is 7.33. The lowest BCUT2D eigenvalue weighted by Crippen LogP contribution is -2.35. The zero-order valence-corrected chi connectivity index (χ0v) is 14.7. The average Bonchev–Trinajstić information content (AvgIpc) is 3.37. The van der Waals surface area contributed by atoms with E-state index in [1.807, 2.05) is 0 Å². The molecule has 1 aromatic heterocycles. The van der Waals surface area contributed by atoms with Crippen LogP contribution in [0.25, 0.3) is 5.57 Å². The van der Waals surface area contributed by atoms with E-state index in [-0.39, 0.29) is 5.57 Å². The summed E-state index contributed by atoms with van der Waals surface area (Å²) in [6, 6.07) is 0.506. The maximum atomic E-state index is 14.2. The van der Waals surface area contributed by atoms with Crippen molar-refractivity contribution in [3.05, 3.63) is 58.9 Å². The van der Waals surface area contributed by atoms with Crippen molar-refractivity contribution in [3.63, 3.8) is 0 Å².